The van der Waals surface area contributed by atoms with E-state index in [4.69, 9.17) is 4.74 Å². The third kappa shape index (κ3) is 4.16. The van der Waals surface area contributed by atoms with Gasteiger partial charge in [0.25, 0.3) is 0 Å². The highest BCUT2D eigenvalue weighted by Crippen LogP contribution is 2.35. The lowest BCUT2D eigenvalue weighted by molar-refractivity contribution is 0.0167. The van der Waals surface area contributed by atoms with E-state index in [1.54, 1.807) is 11.3 Å². The standard InChI is InChI=1S/C19H26O2S2/c1-3-5-13-7-9-14(10-8-13)21-19(20)18-12-17-16(23-18)11-15(22-17)6-4-2/h11-14H,3-10H2,1-2H3. The Balaban J connectivity index is 1.57. The molecule has 0 N–H and O–H groups in total. The first kappa shape index (κ1) is 17.0. The molecule has 0 spiro atoms. The van der Waals surface area contributed by atoms with Crippen molar-refractivity contribution < 1.29 is 9.53 Å². The first-order valence-corrected chi connectivity index (χ1v) is 10.6. The molecule has 2 heterocycles. The van der Waals surface area contributed by atoms with Gasteiger partial charge < -0.3 is 4.74 Å². The highest BCUT2D eigenvalue weighted by molar-refractivity contribution is 7.28. The lowest BCUT2D eigenvalue weighted by Crippen LogP contribution is -2.24. The summed E-state index contributed by atoms with van der Waals surface area (Å²) in [6.07, 6.45) is 9.52. The second kappa shape index (κ2) is 7.80. The molecule has 0 radical (unpaired) electrons. The Labute approximate surface area is 146 Å². The quantitative estimate of drug-likeness (QED) is 0.561. The van der Waals surface area contributed by atoms with Crippen molar-refractivity contribution in [2.45, 2.75) is 71.3 Å². The molecule has 2 aromatic rings. The monoisotopic (exact) mass is 350 g/mol. The van der Waals surface area contributed by atoms with Crippen molar-refractivity contribution in [3.8, 4) is 0 Å². The van der Waals surface area contributed by atoms with Crippen molar-refractivity contribution in [2.24, 2.45) is 5.92 Å². The van der Waals surface area contributed by atoms with Gasteiger partial charge in [-0.1, -0.05) is 33.1 Å². The maximum Gasteiger partial charge on any atom is 0.348 e. The first-order valence-electron chi connectivity index (χ1n) is 8.92. The molecule has 2 aromatic heterocycles. The number of hydrogen-bond donors (Lipinski definition) is 0. The summed E-state index contributed by atoms with van der Waals surface area (Å²) in [6, 6.07) is 4.26. The molecule has 4 heteroatoms. The third-order valence-electron chi connectivity index (χ3n) is 4.72. The Bertz CT molecular complexity index is 616. The maximum atomic E-state index is 12.4. The van der Waals surface area contributed by atoms with Gasteiger partial charge in [-0.2, -0.15) is 0 Å². The minimum Gasteiger partial charge on any atom is -0.458 e. The summed E-state index contributed by atoms with van der Waals surface area (Å²) in [4.78, 5) is 14.6. The van der Waals surface area contributed by atoms with Crippen LogP contribution in [0.25, 0.3) is 9.40 Å². The normalized spacial score (nSPS) is 21.7. The van der Waals surface area contributed by atoms with Gasteiger partial charge in [0.2, 0.25) is 0 Å². The van der Waals surface area contributed by atoms with E-state index >= 15 is 0 Å². The highest BCUT2D eigenvalue weighted by Gasteiger charge is 2.24. The highest BCUT2D eigenvalue weighted by atomic mass is 32.1. The Morgan fingerprint density at radius 3 is 2.48 bits per heavy atom. The van der Waals surface area contributed by atoms with Crippen LogP contribution in [0.4, 0.5) is 0 Å². The SMILES string of the molecule is CCCc1cc2sc(C(=O)OC3CCC(CCC)CC3)cc2s1. The van der Waals surface area contributed by atoms with E-state index in [-0.39, 0.29) is 12.1 Å². The molecule has 3 rings (SSSR count). The van der Waals surface area contributed by atoms with Gasteiger partial charge in [-0.05, 0) is 50.2 Å². The van der Waals surface area contributed by atoms with Gasteiger partial charge in [-0.3, -0.25) is 0 Å². The summed E-state index contributed by atoms with van der Waals surface area (Å²) in [5.41, 5.74) is 0. The lowest BCUT2D eigenvalue weighted by Gasteiger charge is -2.27. The number of esters is 1. The zero-order valence-corrected chi connectivity index (χ0v) is 15.7. The molecule has 1 saturated carbocycles. The number of fused-ring (bicyclic) bond motifs is 1. The average molecular weight is 351 g/mol. The molecule has 0 aromatic carbocycles. The molecule has 1 fully saturated rings. The van der Waals surface area contributed by atoms with E-state index in [1.807, 2.05) is 17.4 Å². The molecule has 0 saturated heterocycles. The maximum absolute atomic E-state index is 12.4. The fraction of sp³-hybridized carbons (Fsp3) is 0.632. The summed E-state index contributed by atoms with van der Waals surface area (Å²) in [7, 11) is 0. The van der Waals surface area contributed by atoms with Crippen molar-refractivity contribution in [1.82, 2.24) is 0 Å². The largest absolute Gasteiger partial charge is 0.458 e. The van der Waals surface area contributed by atoms with Crippen LogP contribution in [-0.2, 0) is 11.2 Å². The number of rotatable bonds is 6. The summed E-state index contributed by atoms with van der Waals surface area (Å²) < 4.78 is 8.22. The van der Waals surface area contributed by atoms with Crippen LogP contribution in [-0.4, -0.2) is 12.1 Å². The Morgan fingerprint density at radius 2 is 1.83 bits per heavy atom. The molecule has 1 aliphatic rings. The van der Waals surface area contributed by atoms with Crippen LogP contribution in [0.5, 0.6) is 0 Å². The second-order valence-electron chi connectivity index (χ2n) is 6.64. The molecule has 0 atom stereocenters. The van der Waals surface area contributed by atoms with Crippen molar-refractivity contribution in [2.75, 3.05) is 0 Å². The van der Waals surface area contributed by atoms with Crippen LogP contribution in [0.2, 0.25) is 0 Å². The number of carbonyl (C=O) groups excluding carboxylic acids is 1. The number of aryl methyl sites for hydroxylation is 1. The summed E-state index contributed by atoms with van der Waals surface area (Å²) in [5.74, 6) is 0.730. The van der Waals surface area contributed by atoms with E-state index in [9.17, 15) is 4.79 Å². The number of ether oxygens (including phenoxy) is 1. The molecule has 1 aliphatic carbocycles. The van der Waals surface area contributed by atoms with Crippen LogP contribution in [0.3, 0.4) is 0 Å². The number of thiophene rings is 2. The molecule has 23 heavy (non-hydrogen) atoms. The Morgan fingerprint density at radius 1 is 1.09 bits per heavy atom. The fourth-order valence-corrected chi connectivity index (χ4v) is 5.92. The zero-order chi connectivity index (χ0) is 16.2. The molecule has 0 aliphatic heterocycles. The van der Waals surface area contributed by atoms with E-state index in [2.05, 4.69) is 19.9 Å². The van der Waals surface area contributed by atoms with Crippen LogP contribution < -0.4 is 0 Å². The van der Waals surface area contributed by atoms with Crippen LogP contribution in [0, 0.1) is 5.92 Å². The summed E-state index contributed by atoms with van der Waals surface area (Å²) >= 11 is 3.40. The smallest absolute Gasteiger partial charge is 0.348 e. The third-order valence-corrected chi connectivity index (χ3v) is 7.05. The van der Waals surface area contributed by atoms with Crippen molar-refractivity contribution in [3.63, 3.8) is 0 Å². The van der Waals surface area contributed by atoms with Crippen LogP contribution in [0.15, 0.2) is 12.1 Å². The van der Waals surface area contributed by atoms with Crippen molar-refractivity contribution >= 4 is 38.0 Å². The van der Waals surface area contributed by atoms with E-state index < -0.39 is 0 Å². The fourth-order valence-electron chi connectivity index (χ4n) is 3.51. The Kier molecular flexibility index (Phi) is 5.76. The molecule has 2 nitrogen and oxygen atoms in total. The van der Waals surface area contributed by atoms with Gasteiger partial charge in [0, 0.05) is 14.3 Å². The van der Waals surface area contributed by atoms with Gasteiger partial charge in [0.05, 0.1) is 0 Å². The lowest BCUT2D eigenvalue weighted by atomic mass is 9.85. The molecule has 0 bridgehead atoms. The molecular formula is C19H26O2S2. The van der Waals surface area contributed by atoms with Gasteiger partial charge in [-0.25, -0.2) is 4.79 Å². The van der Waals surface area contributed by atoms with Gasteiger partial charge in [0.15, 0.2) is 0 Å². The summed E-state index contributed by atoms with van der Waals surface area (Å²) in [6.45, 7) is 4.45. The van der Waals surface area contributed by atoms with Gasteiger partial charge in [0.1, 0.15) is 11.0 Å². The second-order valence-corrected chi connectivity index (χ2v) is 8.89. The van der Waals surface area contributed by atoms with Gasteiger partial charge >= 0.3 is 5.97 Å². The number of carbonyl (C=O) groups is 1. The average Bonchev–Trinajstić information content (AvgIpc) is 3.08. The molecule has 126 valence electrons. The minimum absolute atomic E-state index is 0.116. The van der Waals surface area contributed by atoms with Crippen molar-refractivity contribution in [3.05, 3.63) is 21.9 Å². The molecule has 0 unspecified atom stereocenters. The molecule has 0 amide bonds. The van der Waals surface area contributed by atoms with E-state index in [1.165, 1.54) is 46.4 Å². The predicted molar refractivity (Wildman–Crippen MR) is 99.8 cm³/mol. The van der Waals surface area contributed by atoms with Gasteiger partial charge in [-0.15, -0.1) is 22.7 Å². The minimum atomic E-state index is -0.116. The number of hydrogen-bond acceptors (Lipinski definition) is 4. The topological polar surface area (TPSA) is 26.3 Å². The van der Waals surface area contributed by atoms with Crippen molar-refractivity contribution in [1.29, 1.82) is 0 Å². The summed E-state index contributed by atoms with van der Waals surface area (Å²) in [5, 5.41) is 0. The zero-order valence-electron chi connectivity index (χ0n) is 14.1. The van der Waals surface area contributed by atoms with Crippen LogP contribution in [0.1, 0.15) is 73.3 Å². The predicted octanol–water partition coefficient (Wildman–Crippen LogP) is 6.43. The van der Waals surface area contributed by atoms with E-state index in [0.29, 0.717) is 0 Å². The molecular weight excluding hydrogens is 324 g/mol. The first-order chi connectivity index (χ1) is 11.2. The van der Waals surface area contributed by atoms with E-state index in [0.717, 1.165) is 30.1 Å². The Hall–Kier alpha value is -0.870. The van der Waals surface area contributed by atoms with Crippen LogP contribution >= 0.6 is 22.7 Å².